The van der Waals surface area contributed by atoms with E-state index >= 15 is 0 Å². The topological polar surface area (TPSA) is 40.7 Å². The molecular weight excluding hydrogens is 210 g/mol. The summed E-state index contributed by atoms with van der Waals surface area (Å²) in [6, 6.07) is 10.2. The van der Waals surface area contributed by atoms with Crippen molar-refractivity contribution in [3.8, 4) is 0 Å². The van der Waals surface area contributed by atoms with E-state index in [0.717, 1.165) is 17.9 Å². The summed E-state index contributed by atoms with van der Waals surface area (Å²) < 4.78 is 0. The first-order valence-electron chi connectivity index (χ1n) is 5.89. The maximum absolute atomic E-state index is 4.33. The Morgan fingerprint density at radius 2 is 1.88 bits per heavy atom. The van der Waals surface area contributed by atoms with Gasteiger partial charge in [-0.1, -0.05) is 39.0 Å². The van der Waals surface area contributed by atoms with E-state index in [1.807, 2.05) is 24.4 Å². The standard InChI is InChI=1S/C14H19N3/c1-14(2,3)13-11(10-16-17-13)9-15-12-7-5-4-6-8-12/h4-8,10,15H,9H2,1-3H3,(H,16,17). The Morgan fingerprint density at radius 3 is 2.53 bits per heavy atom. The van der Waals surface area contributed by atoms with Crippen molar-refractivity contribution in [2.75, 3.05) is 5.32 Å². The Labute approximate surface area is 102 Å². The van der Waals surface area contributed by atoms with Crippen LogP contribution in [-0.4, -0.2) is 10.2 Å². The lowest BCUT2D eigenvalue weighted by atomic mass is 9.89. The maximum atomic E-state index is 4.33. The van der Waals surface area contributed by atoms with Gasteiger partial charge < -0.3 is 5.32 Å². The van der Waals surface area contributed by atoms with Gasteiger partial charge in [-0.25, -0.2) is 0 Å². The third kappa shape index (κ3) is 2.87. The number of hydrogen-bond donors (Lipinski definition) is 2. The number of hydrogen-bond acceptors (Lipinski definition) is 2. The third-order valence-electron chi connectivity index (χ3n) is 2.69. The van der Waals surface area contributed by atoms with E-state index in [4.69, 9.17) is 0 Å². The fourth-order valence-corrected chi connectivity index (χ4v) is 1.85. The fourth-order valence-electron chi connectivity index (χ4n) is 1.85. The number of para-hydroxylation sites is 1. The Hall–Kier alpha value is -1.77. The van der Waals surface area contributed by atoms with E-state index < -0.39 is 0 Å². The molecule has 0 bridgehead atoms. The molecule has 1 aromatic heterocycles. The molecular formula is C14H19N3. The van der Waals surface area contributed by atoms with Crippen molar-refractivity contribution in [1.29, 1.82) is 0 Å². The Kier molecular flexibility index (Phi) is 3.18. The number of aromatic nitrogens is 2. The summed E-state index contributed by atoms with van der Waals surface area (Å²) in [5.41, 5.74) is 3.56. The molecule has 2 N–H and O–H groups in total. The third-order valence-corrected chi connectivity index (χ3v) is 2.69. The van der Waals surface area contributed by atoms with Gasteiger partial charge in [0.05, 0.1) is 5.69 Å². The Balaban J connectivity index is 2.08. The highest BCUT2D eigenvalue weighted by Gasteiger charge is 2.20. The van der Waals surface area contributed by atoms with Crippen LogP contribution in [0.4, 0.5) is 5.69 Å². The highest BCUT2D eigenvalue weighted by Crippen LogP contribution is 2.23. The minimum absolute atomic E-state index is 0.0771. The molecule has 0 unspecified atom stereocenters. The zero-order valence-corrected chi connectivity index (χ0v) is 10.6. The van der Waals surface area contributed by atoms with Crippen molar-refractivity contribution in [1.82, 2.24) is 10.2 Å². The molecule has 0 aliphatic rings. The SMILES string of the molecule is CC(C)(C)c1n[nH]cc1CNc1ccccc1. The van der Waals surface area contributed by atoms with Crippen LogP contribution in [0.2, 0.25) is 0 Å². The first-order chi connectivity index (χ1) is 8.07. The molecule has 0 aliphatic heterocycles. The van der Waals surface area contributed by atoms with Crippen LogP contribution < -0.4 is 5.32 Å². The first kappa shape index (κ1) is 11.7. The lowest BCUT2D eigenvalue weighted by Gasteiger charge is -2.17. The molecule has 1 aromatic carbocycles. The predicted molar refractivity (Wildman–Crippen MR) is 71.1 cm³/mol. The molecule has 17 heavy (non-hydrogen) atoms. The molecule has 0 amide bonds. The number of H-pyrrole nitrogens is 1. The van der Waals surface area contributed by atoms with E-state index in [1.165, 1.54) is 5.56 Å². The van der Waals surface area contributed by atoms with E-state index in [9.17, 15) is 0 Å². The molecule has 3 nitrogen and oxygen atoms in total. The molecule has 0 fully saturated rings. The van der Waals surface area contributed by atoms with Gasteiger partial charge in [0, 0.05) is 29.4 Å². The quantitative estimate of drug-likeness (QED) is 0.847. The zero-order chi connectivity index (χ0) is 12.3. The van der Waals surface area contributed by atoms with Crippen LogP contribution in [0.5, 0.6) is 0 Å². The van der Waals surface area contributed by atoms with Crippen LogP contribution in [0.15, 0.2) is 36.5 Å². The van der Waals surface area contributed by atoms with Crippen molar-refractivity contribution >= 4 is 5.69 Å². The van der Waals surface area contributed by atoms with Gasteiger partial charge in [0.25, 0.3) is 0 Å². The minimum atomic E-state index is 0.0771. The second-order valence-electron chi connectivity index (χ2n) is 5.23. The molecule has 0 aliphatic carbocycles. The zero-order valence-electron chi connectivity index (χ0n) is 10.6. The maximum Gasteiger partial charge on any atom is 0.0725 e. The van der Waals surface area contributed by atoms with Gasteiger partial charge in [-0.15, -0.1) is 0 Å². The lowest BCUT2D eigenvalue weighted by molar-refractivity contribution is 0.561. The molecule has 1 heterocycles. The van der Waals surface area contributed by atoms with E-state index in [2.05, 4.69) is 48.4 Å². The molecule has 90 valence electrons. The van der Waals surface area contributed by atoms with Gasteiger partial charge in [-0.3, -0.25) is 5.10 Å². The van der Waals surface area contributed by atoms with Crippen molar-refractivity contribution in [2.45, 2.75) is 32.7 Å². The highest BCUT2D eigenvalue weighted by atomic mass is 15.1. The van der Waals surface area contributed by atoms with Gasteiger partial charge in [-0.2, -0.15) is 5.10 Å². The molecule has 0 saturated heterocycles. The second kappa shape index (κ2) is 4.62. The fraction of sp³-hybridized carbons (Fsp3) is 0.357. The number of nitrogens with one attached hydrogen (secondary N) is 2. The summed E-state index contributed by atoms with van der Waals surface area (Å²) in [5.74, 6) is 0. The van der Waals surface area contributed by atoms with Crippen LogP contribution in [0.1, 0.15) is 32.0 Å². The summed E-state index contributed by atoms with van der Waals surface area (Å²) in [4.78, 5) is 0. The molecule has 0 radical (unpaired) electrons. The smallest absolute Gasteiger partial charge is 0.0725 e. The number of rotatable bonds is 3. The molecule has 0 saturated carbocycles. The summed E-state index contributed by atoms with van der Waals surface area (Å²) in [6.45, 7) is 7.33. The molecule has 2 rings (SSSR count). The summed E-state index contributed by atoms with van der Waals surface area (Å²) in [6.07, 6.45) is 1.97. The molecule has 3 heteroatoms. The Bertz CT molecular complexity index is 466. The number of anilines is 1. The predicted octanol–water partition coefficient (Wildman–Crippen LogP) is 3.32. The molecule has 0 atom stereocenters. The van der Waals surface area contributed by atoms with Crippen LogP contribution in [0.25, 0.3) is 0 Å². The van der Waals surface area contributed by atoms with Crippen LogP contribution >= 0.6 is 0 Å². The van der Waals surface area contributed by atoms with Gasteiger partial charge in [-0.05, 0) is 12.1 Å². The van der Waals surface area contributed by atoms with Crippen LogP contribution in [0.3, 0.4) is 0 Å². The summed E-state index contributed by atoms with van der Waals surface area (Å²) in [7, 11) is 0. The van der Waals surface area contributed by atoms with Crippen molar-refractivity contribution < 1.29 is 0 Å². The van der Waals surface area contributed by atoms with Crippen LogP contribution in [0, 0.1) is 0 Å². The van der Waals surface area contributed by atoms with Crippen molar-refractivity contribution in [2.24, 2.45) is 0 Å². The van der Waals surface area contributed by atoms with E-state index in [1.54, 1.807) is 0 Å². The minimum Gasteiger partial charge on any atom is -0.381 e. The van der Waals surface area contributed by atoms with Crippen molar-refractivity contribution in [3.63, 3.8) is 0 Å². The van der Waals surface area contributed by atoms with Gasteiger partial charge >= 0.3 is 0 Å². The molecule has 2 aromatic rings. The normalized spacial score (nSPS) is 11.5. The highest BCUT2D eigenvalue weighted by molar-refractivity contribution is 5.43. The van der Waals surface area contributed by atoms with Gasteiger partial charge in [0.15, 0.2) is 0 Å². The second-order valence-corrected chi connectivity index (χ2v) is 5.23. The monoisotopic (exact) mass is 229 g/mol. The first-order valence-corrected chi connectivity index (χ1v) is 5.89. The van der Waals surface area contributed by atoms with Crippen LogP contribution in [-0.2, 0) is 12.0 Å². The lowest BCUT2D eigenvalue weighted by Crippen LogP contribution is -2.15. The number of nitrogens with zero attached hydrogens (tertiary/aromatic N) is 1. The Morgan fingerprint density at radius 1 is 1.18 bits per heavy atom. The average Bonchev–Trinajstić information content (AvgIpc) is 2.75. The van der Waals surface area contributed by atoms with Gasteiger partial charge in [0.2, 0.25) is 0 Å². The summed E-state index contributed by atoms with van der Waals surface area (Å²) >= 11 is 0. The number of benzene rings is 1. The van der Waals surface area contributed by atoms with Crippen molar-refractivity contribution in [3.05, 3.63) is 47.8 Å². The number of aromatic amines is 1. The van der Waals surface area contributed by atoms with E-state index in [-0.39, 0.29) is 5.41 Å². The van der Waals surface area contributed by atoms with Gasteiger partial charge in [0.1, 0.15) is 0 Å². The average molecular weight is 229 g/mol. The van der Waals surface area contributed by atoms with E-state index in [0.29, 0.717) is 0 Å². The molecule has 0 spiro atoms. The largest absolute Gasteiger partial charge is 0.381 e. The summed E-state index contributed by atoms with van der Waals surface area (Å²) in [5, 5.41) is 10.7.